The van der Waals surface area contributed by atoms with Gasteiger partial charge >= 0.3 is 0 Å². The van der Waals surface area contributed by atoms with Crippen molar-refractivity contribution in [2.75, 3.05) is 18.8 Å². The monoisotopic (exact) mass is 434 g/mol. The Labute approximate surface area is 180 Å². The van der Waals surface area contributed by atoms with E-state index in [9.17, 15) is 13.7 Å². The van der Waals surface area contributed by atoms with Gasteiger partial charge in [-0.1, -0.05) is 11.6 Å². The summed E-state index contributed by atoms with van der Waals surface area (Å²) in [6, 6.07) is 10.4. The van der Waals surface area contributed by atoms with Gasteiger partial charge in [-0.15, -0.1) is 0 Å². The van der Waals surface area contributed by atoms with E-state index in [2.05, 4.69) is 31.7 Å². The molecule has 158 valence electrons. The molecule has 1 fully saturated rings. The fourth-order valence-electron chi connectivity index (χ4n) is 4.50. The molecule has 0 radical (unpaired) electrons. The molecule has 4 heterocycles. The van der Waals surface area contributed by atoms with Crippen LogP contribution in [0.15, 0.2) is 43.0 Å². The van der Waals surface area contributed by atoms with Crippen LogP contribution >= 0.6 is 0 Å². The molecule has 0 unspecified atom stereocenters. The lowest BCUT2D eigenvalue weighted by atomic mass is 9.88. The Morgan fingerprint density at radius 3 is 2.77 bits per heavy atom. The second-order valence-electron chi connectivity index (χ2n) is 8.12. The Morgan fingerprint density at radius 2 is 2.03 bits per heavy atom. The van der Waals surface area contributed by atoms with Crippen LogP contribution in [-0.4, -0.2) is 51.1 Å². The summed E-state index contributed by atoms with van der Waals surface area (Å²) < 4.78 is 28.3. The number of H-pyrrole nitrogens is 1. The van der Waals surface area contributed by atoms with Gasteiger partial charge in [0.2, 0.25) is 10.0 Å². The van der Waals surface area contributed by atoms with Crippen LogP contribution in [-0.2, 0) is 15.6 Å². The smallest absolute Gasteiger partial charge is 0.213 e. The van der Waals surface area contributed by atoms with Gasteiger partial charge in [-0.3, -0.25) is 0 Å². The van der Waals surface area contributed by atoms with Gasteiger partial charge in [-0.2, -0.15) is 9.57 Å². The predicted molar refractivity (Wildman–Crippen MR) is 119 cm³/mol. The average molecular weight is 435 g/mol. The Morgan fingerprint density at radius 1 is 1.23 bits per heavy atom. The highest BCUT2D eigenvalue weighted by Gasteiger charge is 2.49. The molecule has 1 N–H and O–H groups in total. The zero-order chi connectivity index (χ0) is 21.8. The van der Waals surface area contributed by atoms with E-state index in [0.29, 0.717) is 0 Å². The summed E-state index contributed by atoms with van der Waals surface area (Å²) in [6.07, 6.45) is 5.62. The van der Waals surface area contributed by atoms with E-state index in [-0.39, 0.29) is 25.3 Å². The fourth-order valence-corrected chi connectivity index (χ4v) is 5.74. The molecule has 3 aromatic heterocycles. The highest BCUT2D eigenvalue weighted by molar-refractivity contribution is 7.89. The molecular formula is C22H22N6O2S. The lowest BCUT2D eigenvalue weighted by Gasteiger charge is -2.49. The van der Waals surface area contributed by atoms with Gasteiger partial charge in [0.25, 0.3) is 0 Å². The molecule has 0 bridgehead atoms. The molecule has 9 heteroatoms. The van der Waals surface area contributed by atoms with Crippen LogP contribution in [0.4, 0.5) is 0 Å². The van der Waals surface area contributed by atoms with Crippen molar-refractivity contribution in [2.45, 2.75) is 25.8 Å². The highest BCUT2D eigenvalue weighted by atomic mass is 32.2. The number of sulfonamides is 1. The summed E-state index contributed by atoms with van der Waals surface area (Å²) in [6.45, 7) is 4.26. The third kappa shape index (κ3) is 2.94. The number of aryl methyl sites for hydroxylation is 1. The molecule has 0 atom stereocenters. The number of fused-ring (bicyclic) bond motifs is 2. The Kier molecular flexibility index (Phi) is 4.39. The minimum atomic E-state index is -3.30. The lowest BCUT2D eigenvalue weighted by Crippen LogP contribution is -2.64. The molecule has 31 heavy (non-hydrogen) atoms. The van der Waals surface area contributed by atoms with E-state index in [4.69, 9.17) is 0 Å². The highest BCUT2D eigenvalue weighted by Crippen LogP contribution is 2.41. The third-order valence-corrected chi connectivity index (χ3v) is 7.96. The number of benzene rings is 1. The van der Waals surface area contributed by atoms with E-state index in [1.165, 1.54) is 10.6 Å². The van der Waals surface area contributed by atoms with Gasteiger partial charge in [-0.25, -0.2) is 18.4 Å². The van der Waals surface area contributed by atoms with Gasteiger partial charge in [0, 0.05) is 47.3 Å². The normalized spacial score (nSPS) is 16.4. The van der Waals surface area contributed by atoms with E-state index < -0.39 is 15.6 Å². The molecule has 8 nitrogen and oxygen atoms in total. The van der Waals surface area contributed by atoms with E-state index in [0.717, 1.165) is 38.8 Å². The second kappa shape index (κ2) is 6.90. The number of nitrogens with zero attached hydrogens (tertiary/aromatic N) is 5. The van der Waals surface area contributed by atoms with Crippen molar-refractivity contribution in [3.63, 3.8) is 0 Å². The number of aromatic amines is 1. The SMILES string of the molecule is CCS(=O)(=O)N1CC(CC#N)(n2cc(-c3ncnc4[nH]ccc34)c3cc(C)ccc32)C1. The molecule has 1 aliphatic heterocycles. The summed E-state index contributed by atoms with van der Waals surface area (Å²) >= 11 is 0. The zero-order valence-electron chi connectivity index (χ0n) is 17.3. The second-order valence-corrected chi connectivity index (χ2v) is 10.4. The van der Waals surface area contributed by atoms with Crippen LogP contribution in [0.3, 0.4) is 0 Å². The van der Waals surface area contributed by atoms with Crippen molar-refractivity contribution in [3.05, 3.63) is 48.5 Å². The number of aromatic nitrogens is 4. The van der Waals surface area contributed by atoms with Crippen molar-refractivity contribution in [1.29, 1.82) is 5.26 Å². The molecule has 1 saturated heterocycles. The Balaban J connectivity index is 1.72. The summed E-state index contributed by atoms with van der Waals surface area (Å²) in [7, 11) is -3.30. The number of nitriles is 1. The first-order valence-corrected chi connectivity index (χ1v) is 11.7. The van der Waals surface area contributed by atoms with Crippen molar-refractivity contribution < 1.29 is 8.42 Å². The first-order valence-electron chi connectivity index (χ1n) is 10.1. The first kappa shape index (κ1) is 19.7. The minimum absolute atomic E-state index is 0.0545. The summed E-state index contributed by atoms with van der Waals surface area (Å²) in [4.78, 5) is 12.0. The number of hydrogen-bond donors (Lipinski definition) is 1. The largest absolute Gasteiger partial charge is 0.346 e. The topological polar surface area (TPSA) is 108 Å². The molecule has 5 rings (SSSR count). The molecule has 0 saturated carbocycles. The van der Waals surface area contributed by atoms with Crippen LogP contribution < -0.4 is 0 Å². The minimum Gasteiger partial charge on any atom is -0.346 e. The van der Waals surface area contributed by atoms with Crippen molar-refractivity contribution >= 4 is 32.0 Å². The molecule has 4 aromatic rings. The maximum absolute atomic E-state index is 12.4. The van der Waals surface area contributed by atoms with Crippen LogP contribution in [0.5, 0.6) is 0 Å². The number of hydrogen-bond acceptors (Lipinski definition) is 5. The first-order chi connectivity index (χ1) is 14.9. The molecular weight excluding hydrogens is 412 g/mol. The van der Waals surface area contributed by atoms with Crippen LogP contribution in [0.2, 0.25) is 0 Å². The van der Waals surface area contributed by atoms with E-state index >= 15 is 0 Å². The quantitative estimate of drug-likeness (QED) is 0.519. The Bertz CT molecular complexity index is 1450. The molecule has 1 aliphatic rings. The zero-order valence-corrected chi connectivity index (χ0v) is 18.1. The maximum atomic E-state index is 12.4. The van der Waals surface area contributed by atoms with Crippen LogP contribution in [0.1, 0.15) is 18.9 Å². The number of rotatable bonds is 5. The lowest BCUT2D eigenvalue weighted by molar-refractivity contribution is 0.0893. The van der Waals surface area contributed by atoms with Crippen molar-refractivity contribution in [3.8, 4) is 17.3 Å². The van der Waals surface area contributed by atoms with Crippen LogP contribution in [0.25, 0.3) is 33.2 Å². The van der Waals surface area contributed by atoms with Crippen LogP contribution in [0, 0.1) is 18.3 Å². The van der Waals surface area contributed by atoms with E-state index in [1.54, 1.807) is 6.92 Å². The Hall–Kier alpha value is -3.22. The summed E-state index contributed by atoms with van der Waals surface area (Å²) in [5.74, 6) is 0.0545. The fraction of sp³-hybridized carbons (Fsp3) is 0.318. The summed E-state index contributed by atoms with van der Waals surface area (Å²) in [5, 5.41) is 11.5. The average Bonchev–Trinajstić information content (AvgIpc) is 3.35. The molecule has 0 spiro atoms. The van der Waals surface area contributed by atoms with Gasteiger partial charge in [0.05, 0.1) is 29.5 Å². The third-order valence-electron chi connectivity index (χ3n) is 6.19. The van der Waals surface area contributed by atoms with Gasteiger partial charge in [0.1, 0.15) is 12.0 Å². The standard InChI is InChI=1S/C22H22N6O2S/c1-3-31(29,30)27-12-22(13-27,7-8-23)28-11-18(17-10-15(2)4-5-19(17)28)20-16-6-9-24-21(16)26-14-25-20/h4-6,9-11,14H,3,7,12-13H2,1-2H3,(H,24,25,26). The van der Waals surface area contributed by atoms with Gasteiger partial charge in [-0.05, 0) is 32.0 Å². The predicted octanol–water partition coefficient (Wildman–Crippen LogP) is 3.16. The molecule has 0 amide bonds. The van der Waals surface area contributed by atoms with Gasteiger partial charge < -0.3 is 9.55 Å². The molecule has 1 aromatic carbocycles. The van der Waals surface area contributed by atoms with E-state index in [1.807, 2.05) is 37.5 Å². The van der Waals surface area contributed by atoms with Crippen molar-refractivity contribution in [2.24, 2.45) is 0 Å². The number of nitrogens with one attached hydrogen (secondary N) is 1. The summed E-state index contributed by atoms with van der Waals surface area (Å²) in [5.41, 5.74) is 3.99. The molecule has 0 aliphatic carbocycles. The maximum Gasteiger partial charge on any atom is 0.213 e. The van der Waals surface area contributed by atoms with Crippen molar-refractivity contribution in [1.82, 2.24) is 23.8 Å². The van der Waals surface area contributed by atoms with Gasteiger partial charge in [0.15, 0.2) is 0 Å².